The second-order valence-corrected chi connectivity index (χ2v) is 19.3. The van der Waals surface area contributed by atoms with Crippen LogP contribution in [0.1, 0.15) is 84.0 Å². The minimum Gasteiger partial charge on any atom is -0.477 e. The van der Waals surface area contributed by atoms with E-state index in [4.69, 9.17) is 39.8 Å². The van der Waals surface area contributed by atoms with Gasteiger partial charge in [-0.3, -0.25) is 43.8 Å². The molecule has 408 valence electrons. The Morgan fingerprint density at radius 1 is 0.806 bits per heavy atom. The van der Waals surface area contributed by atoms with Crippen molar-refractivity contribution in [3.8, 4) is 0 Å². The molecular weight excluding hydrogens is 969 g/mol. The number of aliphatic hydroxyl groups excluding tert-OH is 1. The van der Waals surface area contributed by atoms with E-state index in [1.54, 1.807) is 0 Å². The molecular formula is C42H76N16O13S. The van der Waals surface area contributed by atoms with E-state index in [0.29, 0.717) is 32.2 Å². The van der Waals surface area contributed by atoms with Crippen molar-refractivity contribution in [2.45, 2.75) is 126 Å². The third-order valence-corrected chi connectivity index (χ3v) is 11.9. The largest absolute Gasteiger partial charge is 0.477 e. The number of nitrogens with one attached hydrogen (secondary N) is 8. The van der Waals surface area contributed by atoms with Gasteiger partial charge in [0.15, 0.2) is 5.96 Å². The van der Waals surface area contributed by atoms with E-state index < -0.39 is 136 Å². The highest BCUT2D eigenvalue weighted by Crippen LogP contribution is 2.20. The van der Waals surface area contributed by atoms with Crippen LogP contribution in [-0.4, -0.2) is 189 Å². The molecule has 22 N–H and O–H groups in total. The number of aliphatic imine (C=N–C) groups is 1. The first-order valence-corrected chi connectivity index (χ1v) is 25.6. The summed E-state index contributed by atoms with van der Waals surface area (Å²) in [5.74, 6) is -9.76. The van der Waals surface area contributed by atoms with Crippen LogP contribution in [0.25, 0.3) is 0 Å². The standard InChI is InChI=1S/C42H76N16O13S/c1-24(52-39(66)33(31(59)22-46)57-35(62)25(47)10-3-5-16-43)34(61)51-23-32(60)53-28(12-7-18-45)40(67)58-20-9-14-30(58)38(65)55-27(15-21-72(2,70)71)37(64)54-26(11-4-6-17-44)36(63)56-29(41(68)69)13-8-19-50-42(48)49/h13,24-27,30-31,33,59H,3-12,14-23,43-47H2,1-2H3,(H,51,61)(H,52,66)(H,54,64)(H,55,65)(H,56,63)(H,57,62)(H,68,69)(H4,48,49,50)/b29-13-,53-28+/t24-,25-,26-,27-,30-,31-,33-/m0/s1. The highest BCUT2D eigenvalue weighted by molar-refractivity contribution is 7.90. The number of hydrogen-bond acceptors (Lipinski definition) is 18. The van der Waals surface area contributed by atoms with Crippen LogP contribution in [0.2, 0.25) is 0 Å². The molecule has 30 heteroatoms. The number of carbonyl (C=O) groups is 9. The lowest BCUT2D eigenvalue weighted by Crippen LogP contribution is -2.60. The van der Waals surface area contributed by atoms with E-state index in [2.05, 4.69) is 42.2 Å². The number of carboxylic acids is 1. The zero-order chi connectivity index (χ0) is 54.6. The monoisotopic (exact) mass is 1040 g/mol. The van der Waals surface area contributed by atoms with E-state index in [1.807, 2.05) is 0 Å². The number of nitrogens with two attached hydrogens (primary N) is 6. The average Bonchev–Trinajstić information content (AvgIpc) is 3.82. The van der Waals surface area contributed by atoms with Crippen LogP contribution < -0.4 is 71.6 Å². The maximum atomic E-state index is 14.0. The fourth-order valence-corrected chi connectivity index (χ4v) is 7.58. The quantitative estimate of drug-likeness (QED) is 0.0123. The van der Waals surface area contributed by atoms with E-state index in [1.165, 1.54) is 6.92 Å². The van der Waals surface area contributed by atoms with E-state index in [9.17, 15) is 61.8 Å². The van der Waals surface area contributed by atoms with Crippen LogP contribution in [0, 0.1) is 5.41 Å². The molecule has 1 saturated heterocycles. The van der Waals surface area contributed by atoms with Crippen molar-refractivity contribution in [1.29, 1.82) is 5.41 Å². The minimum atomic E-state index is -3.73. The van der Waals surface area contributed by atoms with Gasteiger partial charge < -0.3 is 86.7 Å². The number of rotatable bonds is 34. The molecule has 1 rings (SSSR count). The van der Waals surface area contributed by atoms with Gasteiger partial charge in [0.25, 0.3) is 11.8 Å². The lowest BCUT2D eigenvalue weighted by Gasteiger charge is -2.28. The van der Waals surface area contributed by atoms with Crippen LogP contribution in [0.5, 0.6) is 0 Å². The summed E-state index contributed by atoms with van der Waals surface area (Å²) in [5, 5.41) is 44.0. The van der Waals surface area contributed by atoms with Gasteiger partial charge in [-0.1, -0.05) is 12.5 Å². The normalized spacial score (nSPS) is 16.4. The number of likely N-dealkylation sites (tertiary alicyclic amines) is 1. The smallest absolute Gasteiger partial charge is 0.352 e. The molecule has 0 spiro atoms. The first-order valence-electron chi connectivity index (χ1n) is 23.5. The number of carboxylic acid groups (broad SMARTS) is 1. The summed E-state index contributed by atoms with van der Waals surface area (Å²) < 4.78 is 24.5. The second-order valence-electron chi connectivity index (χ2n) is 17.0. The third kappa shape index (κ3) is 24.3. The summed E-state index contributed by atoms with van der Waals surface area (Å²) in [6.07, 6.45) is 2.51. The van der Waals surface area contributed by atoms with Gasteiger partial charge in [-0.25, -0.2) is 18.2 Å². The van der Waals surface area contributed by atoms with Gasteiger partial charge in [0.1, 0.15) is 51.5 Å². The lowest BCUT2D eigenvalue weighted by atomic mass is 10.1. The van der Waals surface area contributed by atoms with Crippen molar-refractivity contribution in [2.24, 2.45) is 39.4 Å². The predicted molar refractivity (Wildman–Crippen MR) is 263 cm³/mol. The second kappa shape index (κ2) is 33.5. The number of hydrogen-bond donors (Lipinski definition) is 16. The highest BCUT2D eigenvalue weighted by Gasteiger charge is 2.38. The maximum absolute atomic E-state index is 14.0. The molecule has 1 aliphatic heterocycles. The maximum Gasteiger partial charge on any atom is 0.352 e. The summed E-state index contributed by atoms with van der Waals surface area (Å²) in [7, 11) is -3.73. The van der Waals surface area contributed by atoms with E-state index in [0.717, 1.165) is 17.2 Å². The van der Waals surface area contributed by atoms with Gasteiger partial charge in [-0.15, -0.1) is 0 Å². The molecule has 72 heavy (non-hydrogen) atoms. The number of guanidine groups is 1. The Hall–Kier alpha value is -6.18. The van der Waals surface area contributed by atoms with Crippen molar-refractivity contribution in [3.63, 3.8) is 0 Å². The number of sulfone groups is 1. The molecule has 0 unspecified atom stereocenters. The van der Waals surface area contributed by atoms with Gasteiger partial charge in [-0.05, 0) is 97.2 Å². The van der Waals surface area contributed by atoms with Gasteiger partial charge >= 0.3 is 5.97 Å². The number of carbonyl (C=O) groups excluding carboxylic acids is 8. The first-order chi connectivity index (χ1) is 33.9. The van der Waals surface area contributed by atoms with Crippen LogP contribution >= 0.6 is 0 Å². The fraction of sp³-hybridized carbons (Fsp3) is 0.690. The van der Waals surface area contributed by atoms with Crippen molar-refractivity contribution < 1.29 is 61.8 Å². The molecule has 1 heterocycles. The minimum absolute atomic E-state index is 0.00490. The Bertz CT molecular complexity index is 2060. The molecule has 0 saturated carbocycles. The molecule has 8 amide bonds. The number of aliphatic hydroxyl groups is 1. The first kappa shape index (κ1) is 63.8. The van der Waals surface area contributed by atoms with Crippen LogP contribution in [0.4, 0.5) is 0 Å². The lowest BCUT2D eigenvalue weighted by molar-refractivity contribution is -0.137. The topological polar surface area (TPSA) is 508 Å². The van der Waals surface area contributed by atoms with Crippen molar-refractivity contribution in [3.05, 3.63) is 11.8 Å². The zero-order valence-corrected chi connectivity index (χ0v) is 41.7. The summed E-state index contributed by atoms with van der Waals surface area (Å²) >= 11 is 0. The molecule has 0 aromatic heterocycles. The SMILES string of the molecule is C[C@H](NC(=O)[C@@H](NC(=O)[C@@H](N)CCCCN)[C@@H](O)CN)C(=O)NCC(=O)/N=C(\CCCN)C(=O)N1CCC[C@H]1C(=O)N[C@@H](CCS(C)(=O)=O)C(=O)N[C@@H](CCCCN)C(=O)N/C(=C\CCNC(=N)N)C(=O)O. The molecule has 1 fully saturated rings. The Labute approximate surface area is 418 Å². The van der Waals surface area contributed by atoms with Crippen molar-refractivity contribution >= 4 is 74.7 Å². The van der Waals surface area contributed by atoms with E-state index >= 15 is 0 Å². The summed E-state index contributed by atoms with van der Waals surface area (Å²) in [4.78, 5) is 124. The van der Waals surface area contributed by atoms with Crippen LogP contribution in [-0.2, 0) is 53.0 Å². The summed E-state index contributed by atoms with van der Waals surface area (Å²) in [6.45, 7) is 0.789. The summed E-state index contributed by atoms with van der Waals surface area (Å²) in [6, 6.07) is -8.18. The average molecular weight is 1050 g/mol. The van der Waals surface area contributed by atoms with Gasteiger partial charge in [0.2, 0.25) is 35.4 Å². The highest BCUT2D eigenvalue weighted by atomic mass is 32.2. The molecule has 0 bridgehead atoms. The van der Waals surface area contributed by atoms with Crippen LogP contribution in [0.15, 0.2) is 16.8 Å². The van der Waals surface area contributed by atoms with Gasteiger partial charge in [-0.2, -0.15) is 0 Å². The van der Waals surface area contributed by atoms with Gasteiger partial charge in [0.05, 0.1) is 24.4 Å². The molecule has 1 aliphatic rings. The fourth-order valence-electron chi connectivity index (χ4n) is 6.91. The Balaban J connectivity index is 3.26. The molecule has 29 nitrogen and oxygen atoms in total. The molecule has 7 atom stereocenters. The number of aliphatic carboxylic acids is 1. The van der Waals surface area contributed by atoms with Gasteiger partial charge in [0, 0.05) is 25.9 Å². The third-order valence-electron chi connectivity index (χ3n) is 10.9. The van der Waals surface area contributed by atoms with E-state index in [-0.39, 0.29) is 82.8 Å². The Morgan fingerprint density at radius 3 is 2.01 bits per heavy atom. The molecule has 0 aromatic carbocycles. The molecule has 0 aromatic rings. The predicted octanol–water partition coefficient (Wildman–Crippen LogP) is -6.94. The molecule has 0 radical (unpaired) electrons. The van der Waals surface area contributed by atoms with Crippen LogP contribution in [0.3, 0.4) is 0 Å². The number of amides is 8. The van der Waals surface area contributed by atoms with Crippen molar-refractivity contribution in [1.82, 2.24) is 42.1 Å². The molecule has 0 aliphatic carbocycles. The van der Waals surface area contributed by atoms with Crippen molar-refractivity contribution in [2.75, 3.05) is 57.8 Å². The number of nitrogens with zero attached hydrogens (tertiary/aromatic N) is 2. The summed E-state index contributed by atoms with van der Waals surface area (Å²) in [5.41, 5.74) is 32.6. The number of unbranched alkanes of at least 4 members (excludes halogenated alkanes) is 2. The Kier molecular flexibility index (Phi) is 29.7. The zero-order valence-electron chi connectivity index (χ0n) is 40.9. The Morgan fingerprint density at radius 2 is 1.43 bits per heavy atom.